The van der Waals surface area contributed by atoms with Crippen LogP contribution in [0.4, 0.5) is 0 Å². The molecule has 1 saturated heterocycles. The molecule has 0 saturated carbocycles. The van der Waals surface area contributed by atoms with Gasteiger partial charge < -0.3 is 9.64 Å². The van der Waals surface area contributed by atoms with E-state index in [0.29, 0.717) is 18.8 Å². The Bertz CT molecular complexity index is 958. The van der Waals surface area contributed by atoms with E-state index < -0.39 is 16.1 Å². The minimum atomic E-state index is -3.54. The summed E-state index contributed by atoms with van der Waals surface area (Å²) in [4.78, 5) is 14.7. The van der Waals surface area contributed by atoms with Crippen molar-refractivity contribution in [2.24, 2.45) is 0 Å². The lowest BCUT2D eigenvalue weighted by Crippen LogP contribution is -2.53. The second kappa shape index (κ2) is 8.55. The molecule has 2 aromatic rings. The van der Waals surface area contributed by atoms with Crippen LogP contribution in [-0.4, -0.2) is 55.8 Å². The van der Waals surface area contributed by atoms with Crippen molar-refractivity contribution < 1.29 is 17.9 Å². The van der Waals surface area contributed by atoms with Crippen LogP contribution in [0.1, 0.15) is 23.6 Å². The lowest BCUT2D eigenvalue weighted by atomic mass is 10.1. The van der Waals surface area contributed by atoms with Gasteiger partial charge >= 0.3 is 0 Å². The smallest absolute Gasteiger partial charge is 0.263 e. The van der Waals surface area contributed by atoms with Crippen molar-refractivity contribution in [2.45, 2.75) is 38.7 Å². The van der Waals surface area contributed by atoms with Crippen molar-refractivity contribution in [3.05, 3.63) is 59.2 Å². The fraction of sp³-hybridized carbons (Fsp3) is 0.409. The summed E-state index contributed by atoms with van der Waals surface area (Å²) in [5.41, 5.74) is 3.17. The zero-order valence-corrected chi connectivity index (χ0v) is 18.2. The highest BCUT2D eigenvalue weighted by Gasteiger charge is 2.32. The molecule has 1 aliphatic rings. The van der Waals surface area contributed by atoms with Crippen LogP contribution in [0.3, 0.4) is 0 Å². The number of benzene rings is 2. The number of amides is 1. The molecule has 0 spiro atoms. The highest BCUT2D eigenvalue weighted by atomic mass is 32.2. The summed E-state index contributed by atoms with van der Waals surface area (Å²) in [6, 6.07) is 12.7. The van der Waals surface area contributed by atoms with E-state index >= 15 is 0 Å². The fourth-order valence-corrected chi connectivity index (χ4v) is 4.94. The first-order chi connectivity index (χ1) is 13.7. The van der Waals surface area contributed by atoms with Gasteiger partial charge in [0.15, 0.2) is 6.10 Å². The van der Waals surface area contributed by atoms with Gasteiger partial charge in [0.05, 0.1) is 4.90 Å². The van der Waals surface area contributed by atoms with Crippen LogP contribution in [0.15, 0.2) is 47.4 Å². The van der Waals surface area contributed by atoms with Crippen LogP contribution < -0.4 is 4.74 Å². The normalized spacial score (nSPS) is 16.5. The van der Waals surface area contributed by atoms with Gasteiger partial charge in [-0.05, 0) is 63.1 Å². The van der Waals surface area contributed by atoms with E-state index in [9.17, 15) is 13.2 Å². The summed E-state index contributed by atoms with van der Waals surface area (Å²) < 4.78 is 32.9. The zero-order chi connectivity index (χ0) is 21.2. The Hall–Kier alpha value is -2.38. The van der Waals surface area contributed by atoms with Crippen molar-refractivity contribution >= 4 is 15.9 Å². The molecule has 0 N–H and O–H groups in total. The molecule has 0 aliphatic carbocycles. The van der Waals surface area contributed by atoms with Crippen molar-refractivity contribution in [3.8, 4) is 5.75 Å². The Morgan fingerprint density at radius 3 is 2.00 bits per heavy atom. The van der Waals surface area contributed by atoms with Crippen LogP contribution in [0.5, 0.6) is 5.75 Å². The fourth-order valence-electron chi connectivity index (χ4n) is 3.52. The van der Waals surface area contributed by atoms with Gasteiger partial charge in [0.1, 0.15) is 5.75 Å². The maximum absolute atomic E-state index is 12.8. The van der Waals surface area contributed by atoms with Gasteiger partial charge in [0.2, 0.25) is 10.0 Å². The largest absolute Gasteiger partial charge is 0.481 e. The second-order valence-electron chi connectivity index (χ2n) is 7.63. The number of piperazine rings is 1. The van der Waals surface area contributed by atoms with Gasteiger partial charge in [-0.2, -0.15) is 4.31 Å². The Labute approximate surface area is 173 Å². The number of hydrogen-bond acceptors (Lipinski definition) is 4. The summed E-state index contributed by atoms with van der Waals surface area (Å²) in [5, 5.41) is 0. The molecular formula is C22H28N2O4S. The minimum absolute atomic E-state index is 0.128. The number of rotatable bonds is 5. The first kappa shape index (κ1) is 21.3. The predicted molar refractivity (Wildman–Crippen MR) is 113 cm³/mol. The van der Waals surface area contributed by atoms with Crippen LogP contribution in [0.25, 0.3) is 0 Å². The topological polar surface area (TPSA) is 66.9 Å². The highest BCUT2D eigenvalue weighted by molar-refractivity contribution is 7.89. The van der Waals surface area contributed by atoms with E-state index in [-0.39, 0.29) is 23.9 Å². The van der Waals surface area contributed by atoms with E-state index in [1.54, 1.807) is 36.1 Å². The summed E-state index contributed by atoms with van der Waals surface area (Å²) in [7, 11) is -3.54. The van der Waals surface area contributed by atoms with Crippen LogP contribution in [0, 0.1) is 20.8 Å². The predicted octanol–water partition coefficient (Wildman–Crippen LogP) is 2.91. The maximum atomic E-state index is 12.8. The van der Waals surface area contributed by atoms with Gasteiger partial charge in [0, 0.05) is 26.2 Å². The Kier molecular flexibility index (Phi) is 6.29. The average Bonchev–Trinajstić information content (AvgIpc) is 2.67. The van der Waals surface area contributed by atoms with Gasteiger partial charge in [-0.1, -0.05) is 23.8 Å². The zero-order valence-electron chi connectivity index (χ0n) is 17.4. The van der Waals surface area contributed by atoms with Crippen molar-refractivity contribution in [3.63, 3.8) is 0 Å². The molecule has 1 aliphatic heterocycles. The van der Waals surface area contributed by atoms with Crippen LogP contribution in [-0.2, 0) is 14.8 Å². The van der Waals surface area contributed by atoms with Crippen molar-refractivity contribution in [1.82, 2.24) is 9.21 Å². The van der Waals surface area contributed by atoms with Crippen LogP contribution >= 0.6 is 0 Å². The number of sulfonamides is 1. The summed E-state index contributed by atoms with van der Waals surface area (Å²) in [6.07, 6.45) is -0.628. The molecule has 0 radical (unpaired) electrons. The van der Waals surface area contributed by atoms with Gasteiger partial charge in [-0.25, -0.2) is 8.42 Å². The molecule has 3 rings (SSSR count). The molecule has 29 heavy (non-hydrogen) atoms. The van der Waals surface area contributed by atoms with Crippen LogP contribution in [0.2, 0.25) is 0 Å². The molecule has 6 nitrogen and oxygen atoms in total. The Morgan fingerprint density at radius 2 is 1.45 bits per heavy atom. The third kappa shape index (κ3) is 4.97. The lowest BCUT2D eigenvalue weighted by molar-refractivity contribution is -0.139. The first-order valence-corrected chi connectivity index (χ1v) is 11.2. The molecule has 0 aromatic heterocycles. The summed E-state index contributed by atoms with van der Waals surface area (Å²) in [6.45, 7) is 8.88. The van der Waals surface area contributed by atoms with E-state index in [1.165, 1.54) is 4.31 Å². The molecule has 7 heteroatoms. The molecular weight excluding hydrogens is 388 g/mol. The second-order valence-corrected chi connectivity index (χ2v) is 9.56. The standard InChI is InChI=1S/C22H28N2O4S/c1-16-5-7-21(8-6-16)29(26,27)24-11-9-23(10-12-24)22(25)19(4)28-20-14-17(2)13-18(3)15-20/h5-8,13-15,19H,9-12H2,1-4H3/t19-/m0/s1. The van der Waals surface area contributed by atoms with E-state index in [0.717, 1.165) is 16.7 Å². The maximum Gasteiger partial charge on any atom is 0.263 e. The molecule has 1 amide bonds. The van der Waals surface area contributed by atoms with Gasteiger partial charge in [-0.3, -0.25) is 4.79 Å². The summed E-state index contributed by atoms with van der Waals surface area (Å²) >= 11 is 0. The third-order valence-corrected chi connectivity index (χ3v) is 6.98. The number of aryl methyl sites for hydroxylation is 3. The van der Waals surface area contributed by atoms with E-state index in [1.807, 2.05) is 39.0 Å². The van der Waals surface area contributed by atoms with E-state index in [4.69, 9.17) is 4.74 Å². The quantitative estimate of drug-likeness (QED) is 0.752. The third-order valence-electron chi connectivity index (χ3n) is 5.06. The highest BCUT2D eigenvalue weighted by Crippen LogP contribution is 2.20. The molecule has 156 valence electrons. The van der Waals surface area contributed by atoms with Gasteiger partial charge in [-0.15, -0.1) is 0 Å². The number of carbonyl (C=O) groups excluding carboxylic acids is 1. The summed E-state index contributed by atoms with van der Waals surface area (Å²) in [5.74, 6) is 0.542. The Morgan fingerprint density at radius 1 is 0.897 bits per heavy atom. The monoisotopic (exact) mass is 416 g/mol. The number of nitrogens with zero attached hydrogens (tertiary/aromatic N) is 2. The Balaban J connectivity index is 1.60. The van der Waals surface area contributed by atoms with Gasteiger partial charge in [0.25, 0.3) is 5.91 Å². The molecule has 1 heterocycles. The number of ether oxygens (including phenoxy) is 1. The average molecular weight is 417 g/mol. The van der Waals surface area contributed by atoms with Crippen molar-refractivity contribution in [1.29, 1.82) is 0 Å². The lowest BCUT2D eigenvalue weighted by Gasteiger charge is -2.35. The number of carbonyl (C=O) groups is 1. The minimum Gasteiger partial charge on any atom is -0.481 e. The molecule has 0 bridgehead atoms. The molecule has 1 atom stereocenters. The molecule has 2 aromatic carbocycles. The van der Waals surface area contributed by atoms with E-state index in [2.05, 4.69) is 0 Å². The molecule has 1 fully saturated rings. The SMILES string of the molecule is Cc1ccc(S(=O)(=O)N2CCN(C(=O)[C@H](C)Oc3cc(C)cc(C)c3)CC2)cc1. The molecule has 0 unspecified atom stereocenters. The first-order valence-electron chi connectivity index (χ1n) is 9.77. The number of hydrogen-bond donors (Lipinski definition) is 0. The van der Waals surface area contributed by atoms with Crippen molar-refractivity contribution in [2.75, 3.05) is 26.2 Å².